The summed E-state index contributed by atoms with van der Waals surface area (Å²) in [5.74, 6) is 2.12. The molecule has 66 valence electrons. The Balaban J connectivity index is 2.31. The molecule has 0 aromatic heterocycles. The largest absolute Gasteiger partial charge is 0.0829 e. The van der Waals surface area contributed by atoms with Crippen LogP contribution in [0.4, 0.5) is 0 Å². The van der Waals surface area contributed by atoms with Crippen LogP contribution in [0.1, 0.15) is 46.0 Å². The average Bonchev–Trinajstić information content (AvgIpc) is 2.34. The van der Waals surface area contributed by atoms with Crippen LogP contribution in [0, 0.1) is 11.8 Å². The molecular formula is C10H19I. The molecule has 0 heterocycles. The number of hydrogen-bond acceptors (Lipinski definition) is 0. The lowest BCUT2D eigenvalue weighted by atomic mass is 9.90. The maximum absolute atomic E-state index is 2.56. The summed E-state index contributed by atoms with van der Waals surface area (Å²) in [5.41, 5.74) is 0. The van der Waals surface area contributed by atoms with Crippen molar-refractivity contribution in [1.29, 1.82) is 0 Å². The van der Waals surface area contributed by atoms with Gasteiger partial charge in [0.2, 0.25) is 0 Å². The first-order chi connectivity index (χ1) is 5.24. The van der Waals surface area contributed by atoms with E-state index in [4.69, 9.17) is 0 Å². The molecule has 0 N–H and O–H groups in total. The molecule has 3 atom stereocenters. The van der Waals surface area contributed by atoms with Crippen LogP contribution in [-0.2, 0) is 0 Å². The standard InChI is InChI=1S/C10H19I/c1-3-9-5-4-6-10(9)7-8(2)11/h8-10H,3-7H2,1-2H3/t8-,9?,10?/m1/s1. The average molecular weight is 266 g/mol. The van der Waals surface area contributed by atoms with Crippen molar-refractivity contribution in [2.45, 2.75) is 49.9 Å². The van der Waals surface area contributed by atoms with E-state index in [0.717, 1.165) is 15.8 Å². The SMILES string of the molecule is CCC1CCCC1C[C@@H](C)I. The van der Waals surface area contributed by atoms with Gasteiger partial charge in [0, 0.05) is 3.92 Å². The van der Waals surface area contributed by atoms with E-state index in [1.165, 1.54) is 32.1 Å². The molecule has 1 aliphatic rings. The molecule has 11 heavy (non-hydrogen) atoms. The van der Waals surface area contributed by atoms with Gasteiger partial charge in [-0.25, -0.2) is 0 Å². The fourth-order valence-corrected chi connectivity index (χ4v) is 3.03. The molecule has 0 aromatic rings. The Morgan fingerprint density at radius 3 is 2.55 bits per heavy atom. The van der Waals surface area contributed by atoms with Crippen LogP contribution in [0.25, 0.3) is 0 Å². The Bertz CT molecular complexity index is 109. The van der Waals surface area contributed by atoms with Gasteiger partial charge in [-0.3, -0.25) is 0 Å². The predicted molar refractivity (Wildman–Crippen MR) is 59.2 cm³/mol. The fraction of sp³-hybridized carbons (Fsp3) is 1.00. The maximum Gasteiger partial charge on any atom is 0.00840 e. The van der Waals surface area contributed by atoms with Crippen molar-refractivity contribution in [3.05, 3.63) is 0 Å². The first-order valence-corrected chi connectivity index (χ1v) is 6.12. The summed E-state index contributed by atoms with van der Waals surface area (Å²) in [5, 5.41) is 0. The van der Waals surface area contributed by atoms with Gasteiger partial charge in [-0.1, -0.05) is 62.1 Å². The van der Waals surface area contributed by atoms with E-state index in [9.17, 15) is 0 Å². The molecule has 1 rings (SSSR count). The molecule has 0 aliphatic heterocycles. The Morgan fingerprint density at radius 2 is 2.00 bits per heavy atom. The summed E-state index contributed by atoms with van der Waals surface area (Å²) in [6, 6.07) is 0. The quantitative estimate of drug-likeness (QED) is 0.534. The molecule has 0 nitrogen and oxygen atoms in total. The van der Waals surface area contributed by atoms with Crippen LogP contribution in [0.15, 0.2) is 0 Å². The first-order valence-electron chi connectivity index (χ1n) is 4.88. The van der Waals surface area contributed by atoms with Gasteiger partial charge in [0.25, 0.3) is 0 Å². The molecule has 2 unspecified atom stereocenters. The summed E-state index contributed by atoms with van der Waals surface area (Å²) in [6.45, 7) is 4.69. The van der Waals surface area contributed by atoms with Gasteiger partial charge in [-0.05, 0) is 18.3 Å². The van der Waals surface area contributed by atoms with Crippen molar-refractivity contribution < 1.29 is 0 Å². The van der Waals surface area contributed by atoms with E-state index in [0.29, 0.717) is 0 Å². The Labute approximate surface area is 84.3 Å². The highest BCUT2D eigenvalue weighted by Crippen LogP contribution is 2.37. The highest BCUT2D eigenvalue weighted by Gasteiger charge is 2.26. The van der Waals surface area contributed by atoms with E-state index >= 15 is 0 Å². The second kappa shape index (κ2) is 4.68. The normalized spacial score (nSPS) is 34.1. The summed E-state index contributed by atoms with van der Waals surface area (Å²) in [6.07, 6.45) is 7.37. The van der Waals surface area contributed by atoms with Gasteiger partial charge in [-0.2, -0.15) is 0 Å². The summed E-state index contributed by atoms with van der Waals surface area (Å²) >= 11 is 2.56. The van der Waals surface area contributed by atoms with Crippen molar-refractivity contribution in [2.75, 3.05) is 0 Å². The van der Waals surface area contributed by atoms with Crippen molar-refractivity contribution >= 4 is 22.6 Å². The predicted octanol–water partition coefficient (Wildman–Crippen LogP) is 4.03. The van der Waals surface area contributed by atoms with Crippen LogP contribution in [0.2, 0.25) is 0 Å². The maximum atomic E-state index is 2.56. The Hall–Kier alpha value is 0.730. The van der Waals surface area contributed by atoms with Crippen LogP contribution in [0.5, 0.6) is 0 Å². The molecule has 1 aliphatic carbocycles. The van der Waals surface area contributed by atoms with Crippen LogP contribution in [0.3, 0.4) is 0 Å². The molecule has 0 radical (unpaired) electrons. The zero-order valence-corrected chi connectivity index (χ0v) is 9.80. The highest BCUT2D eigenvalue weighted by molar-refractivity contribution is 14.1. The van der Waals surface area contributed by atoms with Crippen molar-refractivity contribution in [1.82, 2.24) is 0 Å². The molecule has 1 heteroatoms. The second-order valence-electron chi connectivity index (χ2n) is 3.88. The lowest BCUT2D eigenvalue weighted by molar-refractivity contribution is 0.358. The van der Waals surface area contributed by atoms with E-state index in [1.54, 1.807) is 0 Å². The van der Waals surface area contributed by atoms with E-state index in [-0.39, 0.29) is 0 Å². The molecule has 1 saturated carbocycles. The van der Waals surface area contributed by atoms with Gasteiger partial charge in [0.1, 0.15) is 0 Å². The molecule has 0 saturated heterocycles. The fourth-order valence-electron chi connectivity index (χ4n) is 2.38. The van der Waals surface area contributed by atoms with Crippen molar-refractivity contribution in [3.8, 4) is 0 Å². The lowest BCUT2D eigenvalue weighted by Gasteiger charge is -2.18. The number of alkyl halides is 1. The van der Waals surface area contributed by atoms with Crippen LogP contribution in [-0.4, -0.2) is 3.92 Å². The topological polar surface area (TPSA) is 0 Å². The van der Waals surface area contributed by atoms with Gasteiger partial charge >= 0.3 is 0 Å². The smallest absolute Gasteiger partial charge is 0.00840 e. The monoisotopic (exact) mass is 266 g/mol. The molecule has 0 aromatic carbocycles. The van der Waals surface area contributed by atoms with Gasteiger partial charge < -0.3 is 0 Å². The molecule has 1 fully saturated rings. The summed E-state index contributed by atoms with van der Waals surface area (Å²) < 4.78 is 0.879. The minimum Gasteiger partial charge on any atom is -0.0829 e. The minimum atomic E-state index is 0.879. The zero-order valence-electron chi connectivity index (χ0n) is 7.65. The van der Waals surface area contributed by atoms with Gasteiger partial charge in [-0.15, -0.1) is 0 Å². The third-order valence-corrected chi connectivity index (χ3v) is 3.48. The van der Waals surface area contributed by atoms with E-state index in [1.807, 2.05) is 0 Å². The van der Waals surface area contributed by atoms with Crippen molar-refractivity contribution in [3.63, 3.8) is 0 Å². The summed E-state index contributed by atoms with van der Waals surface area (Å²) in [7, 11) is 0. The third kappa shape index (κ3) is 2.92. The van der Waals surface area contributed by atoms with Crippen LogP contribution < -0.4 is 0 Å². The number of rotatable bonds is 3. The second-order valence-corrected chi connectivity index (χ2v) is 6.00. The molecule has 0 amide bonds. The Kier molecular flexibility index (Phi) is 4.18. The van der Waals surface area contributed by atoms with Crippen LogP contribution >= 0.6 is 22.6 Å². The molecular weight excluding hydrogens is 247 g/mol. The Morgan fingerprint density at radius 1 is 1.36 bits per heavy atom. The minimum absolute atomic E-state index is 0.879. The van der Waals surface area contributed by atoms with Gasteiger partial charge in [0.05, 0.1) is 0 Å². The third-order valence-electron chi connectivity index (χ3n) is 2.97. The van der Waals surface area contributed by atoms with E-state index < -0.39 is 0 Å². The number of halogens is 1. The number of hydrogen-bond donors (Lipinski definition) is 0. The lowest BCUT2D eigenvalue weighted by Crippen LogP contribution is -2.10. The summed E-state index contributed by atoms with van der Waals surface area (Å²) in [4.78, 5) is 0. The van der Waals surface area contributed by atoms with E-state index in [2.05, 4.69) is 36.4 Å². The van der Waals surface area contributed by atoms with Gasteiger partial charge in [0.15, 0.2) is 0 Å². The highest BCUT2D eigenvalue weighted by atomic mass is 127. The molecule has 0 bridgehead atoms. The molecule has 0 spiro atoms. The zero-order chi connectivity index (χ0) is 8.27. The van der Waals surface area contributed by atoms with Crippen molar-refractivity contribution in [2.24, 2.45) is 11.8 Å². The first kappa shape index (κ1) is 9.82.